The van der Waals surface area contributed by atoms with Crippen molar-refractivity contribution in [2.24, 2.45) is 4.36 Å². The van der Waals surface area contributed by atoms with Crippen molar-refractivity contribution in [3.8, 4) is 0 Å². The van der Waals surface area contributed by atoms with Crippen LogP contribution in [0.1, 0.15) is 31.8 Å². The van der Waals surface area contributed by atoms with E-state index < -0.39 is 9.73 Å². The van der Waals surface area contributed by atoms with Crippen LogP contribution in [0.25, 0.3) is 0 Å². The zero-order valence-corrected chi connectivity index (χ0v) is 17.5. The molecule has 6 heteroatoms. The molecule has 0 aromatic heterocycles. The number of hydrogen-bond acceptors (Lipinski definition) is 4. The van der Waals surface area contributed by atoms with Crippen molar-refractivity contribution in [3.05, 3.63) is 101 Å². The number of hydrogen-bond donors (Lipinski definition) is 0. The molecule has 5 nitrogen and oxygen atoms in total. The third-order valence-electron chi connectivity index (χ3n) is 5.32. The van der Waals surface area contributed by atoms with Crippen LogP contribution in [0.15, 0.2) is 88.1 Å². The molecule has 3 aromatic carbocycles. The summed E-state index contributed by atoms with van der Waals surface area (Å²) in [5.41, 5.74) is 2.80. The first-order valence-electron chi connectivity index (χ1n) is 9.73. The Morgan fingerprint density at radius 3 is 1.90 bits per heavy atom. The van der Waals surface area contributed by atoms with Crippen LogP contribution in [-0.2, 0) is 22.7 Å². The Bertz CT molecular complexity index is 1180. The molecule has 30 heavy (non-hydrogen) atoms. The predicted octanol–water partition coefficient (Wildman–Crippen LogP) is 4.18. The van der Waals surface area contributed by atoms with Gasteiger partial charge in [-0.2, -0.15) is 0 Å². The van der Waals surface area contributed by atoms with Crippen molar-refractivity contribution >= 4 is 21.5 Å². The first-order chi connectivity index (χ1) is 14.5. The van der Waals surface area contributed by atoms with Crippen LogP contribution in [0.5, 0.6) is 0 Å². The number of rotatable bonds is 6. The summed E-state index contributed by atoms with van der Waals surface area (Å²) in [6.45, 7) is 0.182. The molecule has 152 valence electrons. The molecule has 4 rings (SSSR count). The number of benzene rings is 3. The molecule has 1 heterocycles. The van der Waals surface area contributed by atoms with Crippen molar-refractivity contribution < 1.29 is 13.8 Å². The van der Waals surface area contributed by atoms with E-state index in [9.17, 15) is 13.8 Å². The molecule has 1 aliphatic heterocycles. The van der Waals surface area contributed by atoms with Crippen LogP contribution >= 0.6 is 0 Å². The van der Waals surface area contributed by atoms with Crippen LogP contribution < -0.4 is 0 Å². The number of amides is 2. The smallest absolute Gasteiger partial charge is 0.261 e. The first kappa shape index (κ1) is 20.0. The largest absolute Gasteiger partial charge is 0.270 e. The van der Waals surface area contributed by atoms with Gasteiger partial charge in [0, 0.05) is 17.7 Å². The highest BCUT2D eigenvalue weighted by Gasteiger charge is 2.34. The zero-order chi connectivity index (χ0) is 21.1. The van der Waals surface area contributed by atoms with Crippen molar-refractivity contribution in [3.63, 3.8) is 0 Å². The van der Waals surface area contributed by atoms with Crippen LogP contribution in [0, 0.1) is 0 Å². The highest BCUT2D eigenvalue weighted by molar-refractivity contribution is 7.93. The Kier molecular flexibility index (Phi) is 5.50. The quantitative estimate of drug-likeness (QED) is 0.564. The second kappa shape index (κ2) is 8.24. The Hall–Kier alpha value is -3.25. The van der Waals surface area contributed by atoms with Gasteiger partial charge in [-0.25, -0.2) is 8.57 Å². The Morgan fingerprint density at radius 2 is 1.33 bits per heavy atom. The first-order valence-corrected chi connectivity index (χ1v) is 11.4. The standard InChI is InChI=1S/C24H22N2O3S/c1-25-30(29,16-15-18-7-3-2-4-8-18)20-13-11-19(12-14-20)17-26-23(27)21-9-5-6-10-22(21)24(26)28/h2-14H,15-17H2,1H3. The zero-order valence-electron chi connectivity index (χ0n) is 16.7. The summed E-state index contributed by atoms with van der Waals surface area (Å²) in [4.78, 5) is 27.0. The fourth-order valence-corrected chi connectivity index (χ4v) is 5.29. The van der Waals surface area contributed by atoms with Gasteiger partial charge in [-0.05, 0) is 41.8 Å². The molecule has 0 radical (unpaired) electrons. The SMILES string of the molecule is CN=S(=O)(CCc1ccccc1)c1ccc(CN2C(=O)c3ccccc3C2=O)cc1. The molecule has 2 amide bonds. The van der Waals surface area contributed by atoms with Crippen molar-refractivity contribution in [1.29, 1.82) is 0 Å². The van der Waals surface area contributed by atoms with E-state index in [1.807, 2.05) is 42.5 Å². The molecule has 0 saturated heterocycles. The van der Waals surface area contributed by atoms with Crippen molar-refractivity contribution in [2.75, 3.05) is 12.8 Å². The fraction of sp³-hybridized carbons (Fsp3) is 0.167. The molecule has 0 aliphatic carbocycles. The molecular weight excluding hydrogens is 396 g/mol. The van der Waals surface area contributed by atoms with Crippen LogP contribution in [-0.4, -0.2) is 33.7 Å². The van der Waals surface area contributed by atoms with Gasteiger partial charge in [0.1, 0.15) is 0 Å². The van der Waals surface area contributed by atoms with E-state index in [0.29, 0.717) is 28.2 Å². The average Bonchev–Trinajstić information content (AvgIpc) is 3.04. The minimum atomic E-state index is -2.54. The molecule has 0 saturated carbocycles. The summed E-state index contributed by atoms with van der Waals surface area (Å²) in [5, 5.41) is 0. The van der Waals surface area contributed by atoms with Gasteiger partial charge in [-0.15, -0.1) is 0 Å². The lowest BCUT2D eigenvalue weighted by Gasteiger charge is -2.15. The average molecular weight is 419 g/mol. The number of aryl methyl sites for hydroxylation is 1. The van der Waals surface area contributed by atoms with Gasteiger partial charge >= 0.3 is 0 Å². The normalized spacial score (nSPS) is 15.0. The summed E-state index contributed by atoms with van der Waals surface area (Å²) >= 11 is 0. The number of fused-ring (bicyclic) bond motifs is 1. The molecule has 1 aliphatic rings. The van der Waals surface area contributed by atoms with Crippen LogP contribution in [0.2, 0.25) is 0 Å². The second-order valence-corrected chi connectivity index (χ2v) is 9.67. The van der Waals surface area contributed by atoms with E-state index in [4.69, 9.17) is 0 Å². The summed E-state index contributed by atoms with van der Waals surface area (Å²) in [5.74, 6) is -0.129. The van der Waals surface area contributed by atoms with E-state index in [0.717, 1.165) is 11.1 Å². The highest BCUT2D eigenvalue weighted by atomic mass is 32.2. The minimum Gasteiger partial charge on any atom is -0.270 e. The van der Waals surface area contributed by atoms with E-state index >= 15 is 0 Å². The van der Waals surface area contributed by atoms with Gasteiger partial charge in [0.25, 0.3) is 11.8 Å². The molecule has 1 atom stereocenters. The number of carbonyl (C=O) groups is 2. The van der Waals surface area contributed by atoms with Crippen molar-refractivity contribution in [1.82, 2.24) is 4.90 Å². The summed E-state index contributed by atoms with van der Waals surface area (Å²) in [6, 6.07) is 24.0. The molecule has 0 fully saturated rings. The molecule has 3 aromatic rings. The lowest BCUT2D eigenvalue weighted by Crippen LogP contribution is -2.29. The summed E-state index contributed by atoms with van der Waals surface area (Å²) in [6.07, 6.45) is 0.674. The summed E-state index contributed by atoms with van der Waals surface area (Å²) in [7, 11) is -0.952. The molecule has 1 unspecified atom stereocenters. The lowest BCUT2D eigenvalue weighted by molar-refractivity contribution is 0.0642. The van der Waals surface area contributed by atoms with Gasteiger partial charge in [0.2, 0.25) is 0 Å². The van der Waals surface area contributed by atoms with Crippen LogP contribution in [0.4, 0.5) is 0 Å². The monoisotopic (exact) mass is 418 g/mol. The Balaban J connectivity index is 1.49. The third kappa shape index (κ3) is 3.78. The Morgan fingerprint density at radius 1 is 0.767 bits per heavy atom. The molecule has 0 N–H and O–H groups in total. The highest BCUT2D eigenvalue weighted by Crippen LogP contribution is 2.25. The maximum Gasteiger partial charge on any atom is 0.261 e. The van der Waals surface area contributed by atoms with E-state index in [1.165, 1.54) is 4.90 Å². The predicted molar refractivity (Wildman–Crippen MR) is 117 cm³/mol. The third-order valence-corrected chi connectivity index (χ3v) is 7.67. The minimum absolute atomic E-state index is 0.182. The van der Waals surface area contributed by atoms with Gasteiger partial charge in [-0.1, -0.05) is 54.6 Å². The van der Waals surface area contributed by atoms with Gasteiger partial charge in [0.15, 0.2) is 0 Å². The van der Waals surface area contributed by atoms with Crippen molar-refractivity contribution in [2.45, 2.75) is 17.9 Å². The summed E-state index contributed by atoms with van der Waals surface area (Å²) < 4.78 is 17.6. The molecule has 0 bridgehead atoms. The maximum atomic E-state index is 13.4. The topological polar surface area (TPSA) is 66.8 Å². The van der Waals surface area contributed by atoms with Crippen LogP contribution in [0.3, 0.4) is 0 Å². The fourth-order valence-electron chi connectivity index (χ4n) is 3.59. The molecule has 0 spiro atoms. The second-order valence-electron chi connectivity index (χ2n) is 7.15. The Labute approximate surface area is 176 Å². The van der Waals surface area contributed by atoms with E-state index in [2.05, 4.69) is 4.36 Å². The number of nitrogens with zero attached hydrogens (tertiary/aromatic N) is 2. The molecular formula is C24H22N2O3S. The van der Waals surface area contributed by atoms with Gasteiger partial charge < -0.3 is 0 Å². The lowest BCUT2D eigenvalue weighted by atomic mass is 10.1. The van der Waals surface area contributed by atoms with E-state index in [-0.39, 0.29) is 18.4 Å². The maximum absolute atomic E-state index is 13.4. The van der Waals surface area contributed by atoms with Gasteiger partial charge in [0.05, 0.1) is 27.4 Å². The number of carbonyl (C=O) groups excluding carboxylic acids is 2. The van der Waals surface area contributed by atoms with E-state index in [1.54, 1.807) is 43.4 Å². The number of imide groups is 1. The van der Waals surface area contributed by atoms with Gasteiger partial charge in [-0.3, -0.25) is 14.5 Å².